The highest BCUT2D eigenvalue weighted by Crippen LogP contribution is 2.22. The second kappa shape index (κ2) is 11.5. The van der Waals surface area contributed by atoms with E-state index in [9.17, 15) is 13.2 Å². The van der Waals surface area contributed by atoms with Gasteiger partial charge in [-0.2, -0.15) is 4.31 Å². The van der Waals surface area contributed by atoms with Crippen molar-refractivity contribution in [3.63, 3.8) is 0 Å². The van der Waals surface area contributed by atoms with E-state index >= 15 is 0 Å². The minimum Gasteiger partial charge on any atom is -0.348 e. The fourth-order valence-corrected chi connectivity index (χ4v) is 5.38. The van der Waals surface area contributed by atoms with Crippen molar-refractivity contribution in [2.45, 2.75) is 29.3 Å². The third-order valence-electron chi connectivity index (χ3n) is 5.04. The smallest absolute Gasteiger partial charge is 0.243 e. The van der Waals surface area contributed by atoms with Gasteiger partial charge in [-0.25, -0.2) is 8.42 Å². The number of carbonyl (C=O) groups excluding carboxylic acids is 1. The molecule has 5 nitrogen and oxygen atoms in total. The van der Waals surface area contributed by atoms with Gasteiger partial charge in [-0.05, 0) is 72.8 Å². The molecule has 0 saturated carbocycles. The third kappa shape index (κ3) is 7.07. The van der Waals surface area contributed by atoms with Crippen LogP contribution in [-0.2, 0) is 21.4 Å². The summed E-state index contributed by atoms with van der Waals surface area (Å²) in [5.41, 5.74) is 1.68. The van der Waals surface area contributed by atoms with E-state index in [4.69, 9.17) is 11.6 Å². The summed E-state index contributed by atoms with van der Waals surface area (Å²) >= 11 is 10.9. The van der Waals surface area contributed by atoms with Gasteiger partial charge in [0.25, 0.3) is 0 Å². The number of carbonyl (C=O) groups is 1. The topological polar surface area (TPSA) is 66.5 Å². The SMILES string of the molecule is CSc1ccc(C(C)NC(=O)CN(Cc2ccc(Cl)cc2)S(=O)(=O)c2ccc(Br)cc2)cc1. The summed E-state index contributed by atoms with van der Waals surface area (Å²) in [6.07, 6.45) is 2.00. The fraction of sp³-hybridized carbons (Fsp3) is 0.208. The molecule has 1 unspecified atom stereocenters. The lowest BCUT2D eigenvalue weighted by molar-refractivity contribution is -0.122. The highest BCUT2D eigenvalue weighted by molar-refractivity contribution is 9.10. The molecule has 1 atom stereocenters. The molecule has 1 amide bonds. The minimum atomic E-state index is -3.91. The molecule has 0 aromatic heterocycles. The first-order chi connectivity index (χ1) is 15.7. The number of benzene rings is 3. The first-order valence-corrected chi connectivity index (χ1v) is 14.0. The van der Waals surface area contributed by atoms with Crippen LogP contribution >= 0.6 is 39.3 Å². The van der Waals surface area contributed by atoms with Crippen LogP contribution in [-0.4, -0.2) is 31.4 Å². The van der Waals surface area contributed by atoms with Crippen LogP contribution in [0.15, 0.2) is 87.1 Å². The summed E-state index contributed by atoms with van der Waals surface area (Å²) in [5.74, 6) is -0.383. The van der Waals surface area contributed by atoms with Crippen LogP contribution < -0.4 is 5.32 Å². The minimum absolute atomic E-state index is 0.0415. The number of halogens is 2. The summed E-state index contributed by atoms with van der Waals surface area (Å²) in [6, 6.07) is 20.9. The van der Waals surface area contributed by atoms with Gasteiger partial charge in [-0.15, -0.1) is 11.8 Å². The van der Waals surface area contributed by atoms with Gasteiger partial charge in [0.1, 0.15) is 0 Å². The molecule has 0 heterocycles. The van der Waals surface area contributed by atoms with Crippen molar-refractivity contribution in [3.8, 4) is 0 Å². The normalized spacial score (nSPS) is 12.5. The number of hydrogen-bond donors (Lipinski definition) is 1. The van der Waals surface area contributed by atoms with Gasteiger partial charge in [-0.1, -0.05) is 51.8 Å². The maximum Gasteiger partial charge on any atom is 0.243 e. The van der Waals surface area contributed by atoms with Crippen LogP contribution in [0.5, 0.6) is 0 Å². The van der Waals surface area contributed by atoms with E-state index in [0.29, 0.717) is 5.02 Å². The maximum atomic E-state index is 13.4. The van der Waals surface area contributed by atoms with Crippen LogP contribution in [0.1, 0.15) is 24.1 Å². The van der Waals surface area contributed by atoms with E-state index in [0.717, 1.165) is 20.5 Å². The van der Waals surface area contributed by atoms with E-state index in [-0.39, 0.29) is 29.9 Å². The van der Waals surface area contributed by atoms with Crippen molar-refractivity contribution in [3.05, 3.63) is 93.4 Å². The van der Waals surface area contributed by atoms with E-state index in [2.05, 4.69) is 21.2 Å². The molecule has 3 aromatic carbocycles. The molecule has 3 aromatic rings. The van der Waals surface area contributed by atoms with Crippen molar-refractivity contribution >= 4 is 55.2 Å². The van der Waals surface area contributed by atoms with Crippen molar-refractivity contribution in [1.82, 2.24) is 9.62 Å². The Balaban J connectivity index is 1.81. The molecule has 0 bridgehead atoms. The Kier molecular flexibility index (Phi) is 9.01. The van der Waals surface area contributed by atoms with Gasteiger partial charge >= 0.3 is 0 Å². The Bertz CT molecular complexity index is 1190. The second-order valence-corrected chi connectivity index (χ2v) is 11.6. The molecular formula is C24H24BrClN2O3S2. The van der Waals surface area contributed by atoms with Crippen LogP contribution in [0.25, 0.3) is 0 Å². The zero-order valence-corrected chi connectivity index (χ0v) is 22.1. The third-order valence-corrected chi connectivity index (χ3v) is 8.37. The number of amides is 1. The first kappa shape index (κ1) is 25.8. The van der Waals surface area contributed by atoms with Gasteiger partial charge in [0.15, 0.2) is 0 Å². The summed E-state index contributed by atoms with van der Waals surface area (Å²) in [6.45, 7) is 1.60. The zero-order chi connectivity index (χ0) is 24.0. The van der Waals surface area contributed by atoms with Crippen LogP contribution in [0, 0.1) is 0 Å². The van der Waals surface area contributed by atoms with Gasteiger partial charge < -0.3 is 5.32 Å². The number of nitrogens with one attached hydrogen (secondary N) is 1. The molecule has 0 radical (unpaired) electrons. The standard InChI is InChI=1S/C24H24BrClN2O3S2/c1-17(19-5-11-22(32-2)12-6-19)27-24(29)16-28(15-18-3-9-21(26)10-4-18)33(30,31)23-13-7-20(25)8-14-23/h3-14,17H,15-16H2,1-2H3,(H,27,29). The molecule has 0 aliphatic carbocycles. The first-order valence-electron chi connectivity index (χ1n) is 10.1. The highest BCUT2D eigenvalue weighted by Gasteiger charge is 2.27. The van der Waals surface area contributed by atoms with E-state index in [1.54, 1.807) is 48.2 Å². The number of rotatable bonds is 9. The van der Waals surface area contributed by atoms with E-state index in [1.807, 2.05) is 37.4 Å². The number of nitrogens with zero attached hydrogens (tertiary/aromatic N) is 1. The Morgan fingerprint density at radius 3 is 2.21 bits per heavy atom. The lowest BCUT2D eigenvalue weighted by atomic mass is 10.1. The quantitative estimate of drug-likeness (QED) is 0.327. The molecule has 0 fully saturated rings. The van der Waals surface area contributed by atoms with Crippen LogP contribution in [0.2, 0.25) is 5.02 Å². The molecule has 174 valence electrons. The Labute approximate surface area is 212 Å². The molecule has 0 spiro atoms. The second-order valence-electron chi connectivity index (χ2n) is 7.42. The van der Waals surface area contributed by atoms with Crippen LogP contribution in [0.3, 0.4) is 0 Å². The Hall–Kier alpha value is -1.84. The molecule has 3 rings (SSSR count). The average Bonchev–Trinajstić information content (AvgIpc) is 2.80. The van der Waals surface area contributed by atoms with Gasteiger partial charge in [0, 0.05) is 20.9 Å². The number of thioether (sulfide) groups is 1. The molecule has 0 aliphatic rings. The average molecular weight is 568 g/mol. The van der Waals surface area contributed by atoms with Crippen molar-refractivity contribution in [2.75, 3.05) is 12.8 Å². The van der Waals surface area contributed by atoms with Gasteiger partial charge in [0.05, 0.1) is 17.5 Å². The van der Waals surface area contributed by atoms with Crippen molar-refractivity contribution < 1.29 is 13.2 Å². The van der Waals surface area contributed by atoms with Gasteiger partial charge in [0.2, 0.25) is 15.9 Å². The Morgan fingerprint density at radius 2 is 1.64 bits per heavy atom. The largest absolute Gasteiger partial charge is 0.348 e. The number of hydrogen-bond acceptors (Lipinski definition) is 4. The Morgan fingerprint density at radius 1 is 1.03 bits per heavy atom. The monoisotopic (exact) mass is 566 g/mol. The van der Waals surface area contributed by atoms with Crippen molar-refractivity contribution in [1.29, 1.82) is 0 Å². The summed E-state index contributed by atoms with van der Waals surface area (Å²) in [7, 11) is -3.91. The highest BCUT2D eigenvalue weighted by atomic mass is 79.9. The summed E-state index contributed by atoms with van der Waals surface area (Å²) in [5, 5.41) is 3.47. The predicted octanol–water partition coefficient (Wildman–Crippen LogP) is 5.89. The lowest BCUT2D eigenvalue weighted by Crippen LogP contribution is -2.41. The zero-order valence-electron chi connectivity index (χ0n) is 18.2. The number of sulfonamides is 1. The molecule has 0 saturated heterocycles. The predicted molar refractivity (Wildman–Crippen MR) is 138 cm³/mol. The molecular weight excluding hydrogens is 544 g/mol. The van der Waals surface area contributed by atoms with E-state index < -0.39 is 10.0 Å². The molecule has 1 N–H and O–H groups in total. The fourth-order valence-electron chi connectivity index (χ4n) is 3.20. The maximum absolute atomic E-state index is 13.4. The molecule has 33 heavy (non-hydrogen) atoms. The summed E-state index contributed by atoms with van der Waals surface area (Å²) in [4.78, 5) is 14.1. The molecule has 9 heteroatoms. The molecule has 0 aliphatic heterocycles. The summed E-state index contributed by atoms with van der Waals surface area (Å²) < 4.78 is 28.7. The van der Waals surface area contributed by atoms with E-state index in [1.165, 1.54) is 16.4 Å². The van der Waals surface area contributed by atoms with Crippen molar-refractivity contribution in [2.24, 2.45) is 0 Å². The lowest BCUT2D eigenvalue weighted by Gasteiger charge is -2.23. The van der Waals surface area contributed by atoms with Gasteiger partial charge in [-0.3, -0.25) is 4.79 Å². The van der Waals surface area contributed by atoms with Crippen LogP contribution in [0.4, 0.5) is 0 Å².